The number of anilines is 1. The molecule has 12 heteroatoms. The van der Waals surface area contributed by atoms with E-state index < -0.39 is 10.0 Å². The van der Waals surface area contributed by atoms with Gasteiger partial charge in [0.2, 0.25) is 5.91 Å². The molecule has 1 saturated heterocycles. The number of nitrogens with one attached hydrogen (secondary N) is 1. The molecule has 0 unspecified atom stereocenters. The van der Waals surface area contributed by atoms with Gasteiger partial charge in [0.25, 0.3) is 10.0 Å². The lowest BCUT2D eigenvalue weighted by Gasteiger charge is -2.30. The van der Waals surface area contributed by atoms with Crippen LogP contribution in [0.2, 0.25) is 4.34 Å². The molecule has 3 aromatic heterocycles. The van der Waals surface area contributed by atoms with Crippen LogP contribution < -0.4 is 5.32 Å². The quantitative estimate of drug-likeness (QED) is 0.318. The van der Waals surface area contributed by atoms with Crippen molar-refractivity contribution in [2.45, 2.75) is 30.0 Å². The molecule has 0 atom stereocenters. The van der Waals surface area contributed by atoms with Gasteiger partial charge in [0.15, 0.2) is 0 Å². The molecule has 6 rings (SSSR count). The summed E-state index contributed by atoms with van der Waals surface area (Å²) in [6.45, 7) is 2.45. The molecule has 2 aliphatic rings. The third-order valence-corrected chi connectivity index (χ3v) is 12.7. The molecule has 0 aliphatic carbocycles. The van der Waals surface area contributed by atoms with Crippen molar-refractivity contribution in [3.63, 3.8) is 0 Å². The first-order chi connectivity index (χ1) is 17.8. The number of piperidine rings is 1. The van der Waals surface area contributed by atoms with Crippen molar-refractivity contribution in [1.29, 1.82) is 0 Å². The Morgan fingerprint density at radius 2 is 1.86 bits per heavy atom. The summed E-state index contributed by atoms with van der Waals surface area (Å²) >= 11 is 10.3. The fourth-order valence-electron chi connectivity index (χ4n) is 4.96. The predicted octanol–water partition coefficient (Wildman–Crippen LogP) is 5.77. The molecule has 0 bridgehead atoms. The Labute approximate surface area is 232 Å². The molecule has 1 amide bonds. The zero-order valence-corrected chi connectivity index (χ0v) is 24.1. The molecule has 1 N–H and O–H groups in total. The van der Waals surface area contributed by atoms with Crippen molar-refractivity contribution < 1.29 is 13.2 Å². The van der Waals surface area contributed by atoms with Crippen LogP contribution in [-0.4, -0.2) is 55.2 Å². The van der Waals surface area contributed by atoms with Gasteiger partial charge in [0.05, 0.1) is 14.6 Å². The number of nitrogens with zero attached hydrogens (tertiary/aromatic N) is 3. The van der Waals surface area contributed by atoms with Crippen LogP contribution in [0.5, 0.6) is 0 Å². The van der Waals surface area contributed by atoms with Crippen LogP contribution >= 0.6 is 45.6 Å². The molecule has 194 valence electrons. The van der Waals surface area contributed by atoms with E-state index in [1.54, 1.807) is 34.8 Å². The van der Waals surface area contributed by atoms with Gasteiger partial charge in [0.1, 0.15) is 14.2 Å². The van der Waals surface area contributed by atoms with Crippen molar-refractivity contribution in [2.24, 2.45) is 5.92 Å². The van der Waals surface area contributed by atoms with Crippen LogP contribution in [0.4, 0.5) is 5.00 Å². The third kappa shape index (κ3) is 4.87. The highest BCUT2D eigenvalue weighted by Gasteiger charge is 2.34. The van der Waals surface area contributed by atoms with Gasteiger partial charge in [-0.1, -0.05) is 23.7 Å². The monoisotopic (exact) mass is 592 g/mol. The van der Waals surface area contributed by atoms with Crippen molar-refractivity contribution in [3.05, 3.63) is 51.2 Å². The van der Waals surface area contributed by atoms with Gasteiger partial charge < -0.3 is 10.2 Å². The number of halogens is 1. The van der Waals surface area contributed by atoms with Crippen molar-refractivity contribution in [1.82, 2.24) is 14.2 Å². The van der Waals surface area contributed by atoms with E-state index in [0.29, 0.717) is 30.3 Å². The lowest BCUT2D eigenvalue weighted by Crippen LogP contribution is -2.41. The van der Waals surface area contributed by atoms with E-state index in [1.807, 2.05) is 18.2 Å². The van der Waals surface area contributed by atoms with Gasteiger partial charge >= 0.3 is 0 Å². The number of benzene rings is 1. The standard InChI is InChI=1S/C25H25ClN4O3S4/c1-29-11-10-16-19(14-29)35-25(22(16)24-27-17-4-2-3-5-18(17)34-24)28-23(31)15-8-12-30(13-9-15)37(32,33)21-7-6-20(26)36-21/h2-7,15H,8-14H2,1H3,(H,28,31). The minimum atomic E-state index is -3.59. The molecule has 2 aliphatic heterocycles. The van der Waals surface area contributed by atoms with Crippen LogP contribution in [-0.2, 0) is 27.8 Å². The largest absolute Gasteiger partial charge is 0.317 e. The summed E-state index contributed by atoms with van der Waals surface area (Å²) < 4.78 is 29.2. The summed E-state index contributed by atoms with van der Waals surface area (Å²) in [4.78, 5) is 21.9. The van der Waals surface area contributed by atoms with Crippen LogP contribution in [0.25, 0.3) is 20.8 Å². The van der Waals surface area contributed by atoms with E-state index in [-0.39, 0.29) is 16.0 Å². The molecule has 1 aromatic carbocycles. The number of thiophene rings is 2. The molecular formula is C25H25ClN4O3S4. The molecule has 0 spiro atoms. The van der Waals surface area contributed by atoms with Crippen LogP contribution in [0.1, 0.15) is 23.3 Å². The summed E-state index contributed by atoms with van der Waals surface area (Å²) in [5.74, 6) is -0.297. The van der Waals surface area contributed by atoms with E-state index in [1.165, 1.54) is 14.7 Å². The number of aromatic nitrogens is 1. The molecule has 1 fully saturated rings. The van der Waals surface area contributed by atoms with Crippen LogP contribution in [0, 0.1) is 5.92 Å². The van der Waals surface area contributed by atoms with Crippen molar-refractivity contribution in [3.8, 4) is 10.6 Å². The Morgan fingerprint density at radius 3 is 2.59 bits per heavy atom. The van der Waals surface area contributed by atoms with Gasteiger partial charge in [-0.3, -0.25) is 4.79 Å². The Hall–Kier alpha value is -1.86. The summed E-state index contributed by atoms with van der Waals surface area (Å²) in [5.41, 5.74) is 3.30. The summed E-state index contributed by atoms with van der Waals surface area (Å²) in [6.07, 6.45) is 1.88. The van der Waals surface area contributed by atoms with Crippen LogP contribution in [0.15, 0.2) is 40.6 Å². The lowest BCUT2D eigenvalue weighted by atomic mass is 9.97. The fraction of sp³-hybridized carbons (Fsp3) is 0.360. The average Bonchev–Trinajstić information content (AvgIpc) is 3.60. The molecule has 4 aromatic rings. The average molecular weight is 593 g/mol. The van der Waals surface area contributed by atoms with Crippen molar-refractivity contribution >= 4 is 76.8 Å². The predicted molar refractivity (Wildman–Crippen MR) is 152 cm³/mol. The molecule has 0 radical (unpaired) electrons. The number of likely N-dealkylation sites (N-methyl/N-ethyl adjacent to an activating group) is 1. The number of para-hydroxylation sites is 1. The minimum absolute atomic E-state index is 0.0504. The normalized spacial score (nSPS) is 17.8. The Balaban J connectivity index is 1.23. The zero-order chi connectivity index (χ0) is 25.7. The second-order valence-corrected chi connectivity index (χ2v) is 15.4. The Morgan fingerprint density at radius 1 is 1.08 bits per heavy atom. The molecule has 5 heterocycles. The van der Waals surface area contributed by atoms with E-state index in [2.05, 4.69) is 23.3 Å². The highest BCUT2D eigenvalue weighted by molar-refractivity contribution is 7.91. The second-order valence-electron chi connectivity index (χ2n) is 9.41. The highest BCUT2D eigenvalue weighted by Crippen LogP contribution is 2.46. The van der Waals surface area contributed by atoms with Gasteiger partial charge in [0, 0.05) is 42.5 Å². The fourth-order valence-corrected chi connectivity index (χ4v) is 10.5. The topological polar surface area (TPSA) is 82.6 Å². The highest BCUT2D eigenvalue weighted by atomic mass is 35.5. The molecular weight excluding hydrogens is 568 g/mol. The first-order valence-electron chi connectivity index (χ1n) is 12.0. The molecule has 0 saturated carbocycles. The first kappa shape index (κ1) is 25.4. The number of rotatable bonds is 5. The Kier molecular flexibility index (Phi) is 6.89. The number of amides is 1. The molecule has 7 nitrogen and oxygen atoms in total. The van der Waals surface area contributed by atoms with Crippen molar-refractivity contribution in [2.75, 3.05) is 32.0 Å². The van der Waals surface area contributed by atoms with E-state index in [4.69, 9.17) is 16.6 Å². The maximum Gasteiger partial charge on any atom is 0.252 e. The summed E-state index contributed by atoms with van der Waals surface area (Å²) in [5, 5.41) is 5.02. The van der Waals surface area contributed by atoms with Gasteiger partial charge in [-0.2, -0.15) is 4.31 Å². The summed E-state index contributed by atoms with van der Waals surface area (Å²) in [6, 6.07) is 11.2. The minimum Gasteiger partial charge on any atom is -0.317 e. The number of fused-ring (bicyclic) bond motifs is 2. The van der Waals surface area contributed by atoms with E-state index in [0.717, 1.165) is 56.6 Å². The van der Waals surface area contributed by atoms with Gasteiger partial charge in [-0.05, 0) is 56.1 Å². The SMILES string of the molecule is CN1CCc2c(sc(NC(=O)C3CCN(S(=O)(=O)c4ccc(Cl)s4)CC3)c2-c2nc3ccccc3s2)C1. The van der Waals surface area contributed by atoms with Gasteiger partial charge in [-0.25, -0.2) is 13.4 Å². The number of thiazole rings is 1. The number of hydrogen-bond donors (Lipinski definition) is 1. The van der Waals surface area contributed by atoms with E-state index in [9.17, 15) is 13.2 Å². The number of hydrogen-bond acceptors (Lipinski definition) is 8. The maximum atomic E-state index is 13.4. The maximum absolute atomic E-state index is 13.4. The third-order valence-electron chi connectivity index (χ3n) is 6.96. The smallest absolute Gasteiger partial charge is 0.252 e. The number of sulfonamides is 1. The Bertz CT molecular complexity index is 1550. The number of carbonyl (C=O) groups is 1. The van der Waals surface area contributed by atoms with E-state index >= 15 is 0 Å². The number of carbonyl (C=O) groups excluding carboxylic acids is 1. The first-order valence-corrected chi connectivity index (χ1v) is 16.3. The van der Waals surface area contributed by atoms with Gasteiger partial charge in [-0.15, -0.1) is 34.0 Å². The lowest BCUT2D eigenvalue weighted by molar-refractivity contribution is -0.120. The molecule has 37 heavy (non-hydrogen) atoms. The van der Waals surface area contributed by atoms with Crippen LogP contribution in [0.3, 0.4) is 0 Å². The second kappa shape index (κ2) is 10.0. The summed E-state index contributed by atoms with van der Waals surface area (Å²) in [7, 11) is -1.47. The zero-order valence-electron chi connectivity index (χ0n) is 20.1.